The van der Waals surface area contributed by atoms with Crippen LogP contribution in [0.3, 0.4) is 0 Å². The number of carbonyl (C=O) groups excluding carboxylic acids is 1. The molecule has 4 aromatic carbocycles. The predicted molar refractivity (Wildman–Crippen MR) is 182 cm³/mol. The zero-order valence-corrected chi connectivity index (χ0v) is 27.8. The lowest BCUT2D eigenvalue weighted by Crippen LogP contribution is -2.44. The molecule has 5 aromatic rings. The number of thioether (sulfide) groups is 1. The Morgan fingerprint density at radius 2 is 1.49 bits per heavy atom. The van der Waals surface area contributed by atoms with Gasteiger partial charge in [0.15, 0.2) is 22.8 Å². The van der Waals surface area contributed by atoms with Crippen LogP contribution < -0.4 is 10.3 Å². The van der Waals surface area contributed by atoms with Crippen molar-refractivity contribution >= 4 is 28.6 Å². The number of fused-ring (bicyclic) bond motifs is 1. The number of pyridine rings is 1. The first-order valence-electron chi connectivity index (χ1n) is 16.0. The van der Waals surface area contributed by atoms with E-state index in [1.54, 1.807) is 53.1 Å². The van der Waals surface area contributed by atoms with Gasteiger partial charge in [-0.05, 0) is 66.4 Å². The van der Waals surface area contributed by atoms with Gasteiger partial charge < -0.3 is 9.40 Å². The zero-order valence-electron chi connectivity index (χ0n) is 27.0. The summed E-state index contributed by atoms with van der Waals surface area (Å²) in [6, 6.07) is 23.5. The number of hydrogen-bond acceptors (Lipinski definition) is 4. The van der Waals surface area contributed by atoms with Crippen molar-refractivity contribution in [1.29, 1.82) is 0 Å². The third kappa shape index (κ3) is 8.51. The van der Waals surface area contributed by atoms with Crippen molar-refractivity contribution in [3.8, 4) is 16.9 Å². The minimum absolute atomic E-state index is 0.0232. The van der Waals surface area contributed by atoms with Gasteiger partial charge in [-0.3, -0.25) is 9.59 Å². The Balaban J connectivity index is 1.45. The van der Waals surface area contributed by atoms with Gasteiger partial charge in [-0.25, -0.2) is 8.78 Å². The molecule has 0 aliphatic carbocycles. The van der Waals surface area contributed by atoms with Gasteiger partial charge in [0.25, 0.3) is 5.91 Å². The van der Waals surface area contributed by atoms with Crippen LogP contribution >= 0.6 is 11.8 Å². The summed E-state index contributed by atoms with van der Waals surface area (Å²) in [5.41, 5.74) is 0.900. The van der Waals surface area contributed by atoms with Gasteiger partial charge in [-0.15, -0.1) is 11.8 Å². The van der Waals surface area contributed by atoms with Crippen molar-refractivity contribution in [3.05, 3.63) is 130 Å². The number of para-hydroxylation sites is 1. The smallest absolute Gasteiger partial charge is 0.377 e. The lowest BCUT2D eigenvalue weighted by molar-refractivity contribution is -0.168. The van der Waals surface area contributed by atoms with Gasteiger partial charge in [0.05, 0.1) is 22.1 Å². The number of amides is 1. The molecule has 0 aliphatic rings. The second kappa shape index (κ2) is 15.7. The van der Waals surface area contributed by atoms with Crippen LogP contribution in [-0.4, -0.2) is 21.6 Å². The van der Waals surface area contributed by atoms with E-state index >= 15 is 0 Å². The van der Waals surface area contributed by atoms with E-state index in [4.69, 9.17) is 4.84 Å². The van der Waals surface area contributed by atoms with Crippen molar-refractivity contribution < 1.29 is 31.6 Å². The van der Waals surface area contributed by atoms with Crippen LogP contribution in [0.2, 0.25) is 0 Å². The number of aromatic nitrogens is 1. The maximum atomic E-state index is 14.5. The molecular weight excluding hydrogens is 659 g/mol. The third-order valence-electron chi connectivity index (χ3n) is 8.11. The Morgan fingerprint density at radius 1 is 0.857 bits per heavy atom. The second-order valence-electron chi connectivity index (χ2n) is 11.6. The van der Waals surface area contributed by atoms with E-state index in [0.717, 1.165) is 42.8 Å². The van der Waals surface area contributed by atoms with Gasteiger partial charge in [0.2, 0.25) is 0 Å². The first-order chi connectivity index (χ1) is 23.5. The molecule has 0 unspecified atom stereocenters. The fourth-order valence-electron chi connectivity index (χ4n) is 5.65. The molecule has 1 heterocycles. The molecular formula is C38H35F5N2O3S. The fourth-order valence-corrected chi connectivity index (χ4v) is 6.69. The normalized spacial score (nSPS) is 11.7. The number of benzene rings is 4. The molecule has 0 radical (unpaired) electrons. The third-order valence-corrected chi connectivity index (χ3v) is 9.20. The number of hydrogen-bond donors (Lipinski definition) is 0. The highest BCUT2D eigenvalue weighted by Gasteiger charge is 2.30. The molecule has 0 atom stereocenters. The molecule has 0 fully saturated rings. The van der Waals surface area contributed by atoms with Gasteiger partial charge in [-0.2, -0.15) is 18.2 Å². The van der Waals surface area contributed by atoms with Gasteiger partial charge >= 0.3 is 6.18 Å². The molecule has 5 rings (SSSR count). The zero-order chi connectivity index (χ0) is 35.1. The van der Waals surface area contributed by atoms with Crippen LogP contribution in [0.15, 0.2) is 107 Å². The van der Waals surface area contributed by atoms with Crippen LogP contribution in [0.1, 0.15) is 50.7 Å². The Labute approximate surface area is 285 Å². The highest BCUT2D eigenvalue weighted by molar-refractivity contribution is 7.98. The molecule has 1 aromatic heterocycles. The van der Waals surface area contributed by atoms with Crippen LogP contribution in [-0.2, 0) is 23.3 Å². The molecule has 0 saturated carbocycles. The number of hydroxylamine groups is 2. The lowest BCUT2D eigenvalue weighted by Gasteiger charge is -2.31. The highest BCUT2D eigenvalue weighted by Crippen LogP contribution is 2.32. The van der Waals surface area contributed by atoms with E-state index in [1.165, 1.54) is 35.4 Å². The van der Waals surface area contributed by atoms with Crippen molar-refractivity contribution in [2.24, 2.45) is 0 Å². The largest absolute Gasteiger partial charge is 0.416 e. The van der Waals surface area contributed by atoms with Crippen molar-refractivity contribution in [2.45, 2.75) is 69.1 Å². The molecule has 0 saturated heterocycles. The van der Waals surface area contributed by atoms with Gasteiger partial charge in [0, 0.05) is 22.8 Å². The number of halogens is 5. The standard InChI is InChI=1S/C38H35F5N2O3S/c1-3-8-29(9-4-2)45(48-30-20-16-26(17-21-30)25-14-18-28(19-15-25)38(41,42)43)35(47)23-44-33-13-6-5-11-31(33)34(46)22-36(44)49-24-27-10-7-12-32(39)37(27)40/h5-7,10-22,29H,3-4,8-9,23-24H2,1-2H3. The van der Waals surface area contributed by atoms with E-state index in [2.05, 4.69) is 0 Å². The lowest BCUT2D eigenvalue weighted by atomic mass is 10.0. The average molecular weight is 695 g/mol. The summed E-state index contributed by atoms with van der Waals surface area (Å²) in [4.78, 5) is 33.6. The summed E-state index contributed by atoms with van der Waals surface area (Å²) in [5, 5.41) is 2.18. The Bertz CT molecular complexity index is 1950. The monoisotopic (exact) mass is 694 g/mol. The maximum Gasteiger partial charge on any atom is 0.416 e. The van der Waals surface area contributed by atoms with Crippen LogP contribution in [0, 0.1) is 11.6 Å². The van der Waals surface area contributed by atoms with E-state index in [0.29, 0.717) is 45.6 Å². The molecule has 49 heavy (non-hydrogen) atoms. The van der Waals surface area contributed by atoms with E-state index in [9.17, 15) is 31.5 Å². The molecule has 11 heteroatoms. The van der Waals surface area contributed by atoms with Crippen molar-refractivity contribution in [1.82, 2.24) is 9.63 Å². The van der Waals surface area contributed by atoms with Crippen LogP contribution in [0.25, 0.3) is 22.0 Å². The summed E-state index contributed by atoms with van der Waals surface area (Å²) in [5.74, 6) is -1.93. The van der Waals surface area contributed by atoms with E-state index in [-0.39, 0.29) is 35.2 Å². The number of carbonyl (C=O) groups is 1. The first kappa shape index (κ1) is 35.7. The molecule has 0 N–H and O–H groups in total. The summed E-state index contributed by atoms with van der Waals surface area (Å²) >= 11 is 1.12. The van der Waals surface area contributed by atoms with Gasteiger partial charge in [0.1, 0.15) is 6.54 Å². The molecule has 0 bridgehead atoms. The molecule has 256 valence electrons. The topological polar surface area (TPSA) is 51.5 Å². The second-order valence-corrected chi connectivity index (χ2v) is 12.6. The minimum atomic E-state index is -4.43. The average Bonchev–Trinajstić information content (AvgIpc) is 3.09. The van der Waals surface area contributed by atoms with Crippen molar-refractivity contribution in [3.63, 3.8) is 0 Å². The summed E-state index contributed by atoms with van der Waals surface area (Å²) in [6.07, 6.45) is -1.54. The molecule has 0 spiro atoms. The van der Waals surface area contributed by atoms with Gasteiger partial charge in [-0.1, -0.05) is 75.2 Å². The SMILES string of the molecule is CCCC(CCC)N(Oc1ccc(-c2ccc(C(F)(F)F)cc2)cc1)C(=O)Cn1c(SCc2cccc(F)c2F)cc(=O)c2ccccc21. The minimum Gasteiger partial charge on any atom is -0.377 e. The highest BCUT2D eigenvalue weighted by atomic mass is 32.2. The number of alkyl halides is 3. The van der Waals surface area contributed by atoms with E-state index < -0.39 is 23.4 Å². The number of rotatable bonds is 13. The Hall–Kier alpha value is -4.64. The quantitative estimate of drug-likeness (QED) is 0.0700. The Morgan fingerprint density at radius 3 is 2.12 bits per heavy atom. The summed E-state index contributed by atoms with van der Waals surface area (Å²) < 4.78 is 69.2. The summed E-state index contributed by atoms with van der Waals surface area (Å²) in [7, 11) is 0. The number of nitrogens with zero attached hydrogens (tertiary/aromatic N) is 2. The van der Waals surface area contributed by atoms with Crippen LogP contribution in [0.5, 0.6) is 5.75 Å². The van der Waals surface area contributed by atoms with Crippen LogP contribution in [0.4, 0.5) is 22.0 Å². The molecule has 1 amide bonds. The Kier molecular flexibility index (Phi) is 11.4. The van der Waals surface area contributed by atoms with Crippen molar-refractivity contribution in [2.75, 3.05) is 0 Å². The summed E-state index contributed by atoms with van der Waals surface area (Å²) in [6.45, 7) is 3.82. The van der Waals surface area contributed by atoms with E-state index in [1.807, 2.05) is 13.8 Å². The maximum absolute atomic E-state index is 14.5. The first-order valence-corrected chi connectivity index (χ1v) is 16.9. The fraction of sp³-hybridized carbons (Fsp3) is 0.263. The predicted octanol–water partition coefficient (Wildman–Crippen LogP) is 10.0. The molecule has 0 aliphatic heterocycles. The molecule has 5 nitrogen and oxygen atoms in total.